The lowest BCUT2D eigenvalue weighted by Crippen LogP contribution is -2.29. The van der Waals surface area contributed by atoms with Gasteiger partial charge in [-0.05, 0) is 54.6 Å². The van der Waals surface area contributed by atoms with Crippen molar-refractivity contribution >= 4 is 12.2 Å². The number of imidazole rings is 1. The number of aliphatic hydroxyl groups excluding tert-OH is 2. The Kier molecular flexibility index (Phi) is 7.64. The monoisotopic (exact) mass is 469 g/mol. The molecule has 1 aromatic heterocycles. The van der Waals surface area contributed by atoms with Gasteiger partial charge in [-0.3, -0.25) is 0 Å². The average molecular weight is 470 g/mol. The molecule has 180 valence electrons. The first kappa shape index (κ1) is 25.3. The Morgan fingerprint density at radius 3 is 2.06 bits per heavy atom. The molecule has 0 aliphatic rings. The van der Waals surface area contributed by atoms with E-state index in [-0.39, 0.29) is 12.2 Å². The second kappa shape index (κ2) is 10.3. The number of aromatic nitrogens is 2. The Balaban J connectivity index is 2.15. The molecule has 0 unspecified atom stereocenters. The van der Waals surface area contributed by atoms with E-state index in [1.54, 1.807) is 35.0 Å². The molecule has 3 aromatic rings. The Labute approximate surface area is 196 Å². The van der Waals surface area contributed by atoms with Crippen molar-refractivity contribution in [1.82, 2.24) is 9.55 Å². The Morgan fingerprint density at radius 2 is 1.56 bits per heavy atom. The summed E-state index contributed by atoms with van der Waals surface area (Å²) in [6, 6.07) is 11.7. The number of carbonyl (C=O) groups is 1. The SMILES string of the molecule is CC(C)(C)c1nc(-c2ccc(F)cc2)c(-c2ccc(F)cc2)n1/C=C/[C@@H](O)C[C@@H](O)CC(=O)[O-]. The van der Waals surface area contributed by atoms with Gasteiger partial charge in [0, 0.05) is 41.6 Å². The molecule has 34 heavy (non-hydrogen) atoms. The third-order valence-electron chi connectivity index (χ3n) is 5.19. The Hall–Kier alpha value is -3.36. The minimum absolute atomic E-state index is 0.194. The van der Waals surface area contributed by atoms with Crippen molar-refractivity contribution in [3.8, 4) is 22.5 Å². The number of benzene rings is 2. The summed E-state index contributed by atoms with van der Waals surface area (Å²) in [5.41, 5.74) is 2.02. The first-order valence-corrected chi connectivity index (χ1v) is 10.8. The maximum Gasteiger partial charge on any atom is 0.123 e. The van der Waals surface area contributed by atoms with Crippen LogP contribution in [0.15, 0.2) is 54.6 Å². The number of carboxylic acid groups (broad SMARTS) is 1. The highest BCUT2D eigenvalue weighted by atomic mass is 19.1. The molecule has 0 bridgehead atoms. The van der Waals surface area contributed by atoms with Gasteiger partial charge in [0.25, 0.3) is 0 Å². The zero-order valence-corrected chi connectivity index (χ0v) is 19.2. The van der Waals surface area contributed by atoms with E-state index in [1.807, 2.05) is 20.8 Å². The van der Waals surface area contributed by atoms with Crippen LogP contribution in [0.1, 0.15) is 39.4 Å². The number of hydrogen-bond acceptors (Lipinski definition) is 5. The van der Waals surface area contributed by atoms with E-state index in [1.165, 1.54) is 30.3 Å². The van der Waals surface area contributed by atoms with Crippen LogP contribution in [0.3, 0.4) is 0 Å². The molecule has 0 radical (unpaired) electrons. The minimum atomic E-state index is -1.41. The zero-order valence-electron chi connectivity index (χ0n) is 19.2. The lowest BCUT2D eigenvalue weighted by atomic mass is 9.95. The second-order valence-corrected chi connectivity index (χ2v) is 9.14. The highest BCUT2D eigenvalue weighted by Gasteiger charge is 2.27. The average Bonchev–Trinajstić information content (AvgIpc) is 3.12. The van der Waals surface area contributed by atoms with Gasteiger partial charge in [0.15, 0.2) is 0 Å². The predicted molar refractivity (Wildman–Crippen MR) is 123 cm³/mol. The highest BCUT2D eigenvalue weighted by Crippen LogP contribution is 2.37. The number of carboxylic acids is 1. The van der Waals surface area contributed by atoms with E-state index in [0.717, 1.165) is 0 Å². The molecule has 0 spiro atoms. The van der Waals surface area contributed by atoms with Crippen molar-refractivity contribution in [2.75, 3.05) is 0 Å². The summed E-state index contributed by atoms with van der Waals surface area (Å²) < 4.78 is 29.0. The fourth-order valence-electron chi connectivity index (χ4n) is 3.62. The van der Waals surface area contributed by atoms with Gasteiger partial charge in [0.2, 0.25) is 0 Å². The van der Waals surface area contributed by atoms with Crippen LogP contribution in [0.2, 0.25) is 0 Å². The number of aliphatic hydroxyl groups is 2. The molecular weight excluding hydrogens is 442 g/mol. The first-order chi connectivity index (χ1) is 16.0. The molecule has 8 heteroatoms. The quantitative estimate of drug-likeness (QED) is 0.526. The van der Waals surface area contributed by atoms with Crippen molar-refractivity contribution in [3.63, 3.8) is 0 Å². The van der Waals surface area contributed by atoms with Gasteiger partial charge >= 0.3 is 0 Å². The van der Waals surface area contributed by atoms with E-state index in [0.29, 0.717) is 28.3 Å². The molecule has 2 aromatic carbocycles. The summed E-state index contributed by atoms with van der Waals surface area (Å²) in [4.78, 5) is 15.5. The number of carbonyl (C=O) groups excluding carboxylic acids is 1. The number of aliphatic carboxylic acids is 1. The molecule has 0 aliphatic heterocycles. The number of nitrogens with zero attached hydrogens (tertiary/aromatic N) is 2. The third kappa shape index (κ3) is 6.15. The van der Waals surface area contributed by atoms with Crippen molar-refractivity contribution in [2.24, 2.45) is 0 Å². The van der Waals surface area contributed by atoms with Crippen LogP contribution in [0.5, 0.6) is 0 Å². The molecule has 2 N–H and O–H groups in total. The van der Waals surface area contributed by atoms with Crippen LogP contribution in [0.25, 0.3) is 28.7 Å². The molecule has 0 saturated carbocycles. The Morgan fingerprint density at radius 1 is 1.03 bits per heavy atom. The molecule has 0 fully saturated rings. The summed E-state index contributed by atoms with van der Waals surface area (Å²) in [5.74, 6) is -1.57. The largest absolute Gasteiger partial charge is 0.550 e. The zero-order chi connectivity index (χ0) is 25.0. The first-order valence-electron chi connectivity index (χ1n) is 10.8. The van der Waals surface area contributed by atoms with Crippen LogP contribution in [0.4, 0.5) is 8.78 Å². The molecule has 0 amide bonds. The van der Waals surface area contributed by atoms with Crippen molar-refractivity contribution in [1.29, 1.82) is 0 Å². The summed E-state index contributed by atoms with van der Waals surface area (Å²) in [5, 5.41) is 30.8. The van der Waals surface area contributed by atoms with Gasteiger partial charge in [0.1, 0.15) is 17.5 Å². The topological polar surface area (TPSA) is 98.4 Å². The van der Waals surface area contributed by atoms with Crippen molar-refractivity contribution in [2.45, 2.75) is 51.2 Å². The van der Waals surface area contributed by atoms with Gasteiger partial charge in [-0.1, -0.05) is 20.8 Å². The van der Waals surface area contributed by atoms with Crippen molar-refractivity contribution in [3.05, 3.63) is 72.1 Å². The predicted octanol–water partition coefficient (Wildman–Crippen LogP) is 3.52. The smallest absolute Gasteiger partial charge is 0.123 e. The maximum atomic E-state index is 13.7. The van der Waals surface area contributed by atoms with Gasteiger partial charge in [-0.2, -0.15) is 0 Å². The summed E-state index contributed by atoms with van der Waals surface area (Å²) in [7, 11) is 0. The van der Waals surface area contributed by atoms with Crippen LogP contribution < -0.4 is 5.11 Å². The molecule has 2 atom stereocenters. The summed E-state index contributed by atoms with van der Waals surface area (Å²) in [6.07, 6.45) is -0.160. The third-order valence-corrected chi connectivity index (χ3v) is 5.19. The summed E-state index contributed by atoms with van der Waals surface area (Å²) >= 11 is 0. The normalized spacial score (nSPS) is 13.9. The summed E-state index contributed by atoms with van der Waals surface area (Å²) in [6.45, 7) is 5.88. The van der Waals surface area contributed by atoms with Crippen LogP contribution in [-0.4, -0.2) is 37.9 Å². The number of hydrogen-bond donors (Lipinski definition) is 2. The molecule has 3 rings (SSSR count). The molecule has 0 aliphatic carbocycles. The van der Waals surface area contributed by atoms with Gasteiger partial charge in [-0.15, -0.1) is 0 Å². The Bertz CT molecular complexity index is 1160. The van der Waals surface area contributed by atoms with Crippen molar-refractivity contribution < 1.29 is 28.9 Å². The van der Waals surface area contributed by atoms with E-state index < -0.39 is 35.8 Å². The second-order valence-electron chi connectivity index (χ2n) is 9.14. The fourth-order valence-corrected chi connectivity index (χ4v) is 3.62. The lowest BCUT2D eigenvalue weighted by molar-refractivity contribution is -0.307. The van der Waals surface area contributed by atoms with Crippen LogP contribution in [0, 0.1) is 11.6 Å². The van der Waals surface area contributed by atoms with Gasteiger partial charge < -0.3 is 24.7 Å². The molecule has 0 saturated heterocycles. The van der Waals surface area contributed by atoms with E-state index >= 15 is 0 Å². The standard InChI is InChI=1S/C26H28F2N2O4/c1-26(2,3)25-29-23(16-4-8-18(27)9-5-16)24(17-6-10-19(28)11-7-17)30(25)13-12-20(31)14-21(32)15-22(33)34/h4-13,20-21,31-32H,14-15H2,1-3H3,(H,33,34)/p-1/b13-12+/t20-,21-/m1/s1. The van der Waals surface area contributed by atoms with Gasteiger partial charge in [0.05, 0.1) is 23.6 Å². The van der Waals surface area contributed by atoms with Gasteiger partial charge in [-0.25, -0.2) is 13.8 Å². The minimum Gasteiger partial charge on any atom is -0.550 e. The van der Waals surface area contributed by atoms with Crippen LogP contribution >= 0.6 is 0 Å². The molecular formula is C26H27F2N2O4-. The van der Waals surface area contributed by atoms with E-state index in [9.17, 15) is 28.9 Å². The molecule has 1 heterocycles. The van der Waals surface area contributed by atoms with Crippen LogP contribution in [-0.2, 0) is 10.2 Å². The number of halogens is 2. The van der Waals surface area contributed by atoms with E-state index in [2.05, 4.69) is 0 Å². The lowest BCUT2D eigenvalue weighted by Gasteiger charge is -2.20. The highest BCUT2D eigenvalue weighted by molar-refractivity contribution is 5.81. The maximum absolute atomic E-state index is 13.7. The fraction of sp³-hybridized carbons (Fsp3) is 0.308. The molecule has 6 nitrogen and oxygen atoms in total. The number of rotatable bonds is 8. The van der Waals surface area contributed by atoms with E-state index in [4.69, 9.17) is 4.98 Å².